The van der Waals surface area contributed by atoms with Gasteiger partial charge in [-0.25, -0.2) is 0 Å². The van der Waals surface area contributed by atoms with Crippen molar-refractivity contribution in [3.8, 4) is 11.1 Å². The van der Waals surface area contributed by atoms with Crippen molar-refractivity contribution in [3.05, 3.63) is 60.2 Å². The number of hydrogen-bond acceptors (Lipinski definition) is 0. The van der Waals surface area contributed by atoms with Gasteiger partial charge >= 0.3 is 0 Å². The summed E-state index contributed by atoms with van der Waals surface area (Å²) in [7, 11) is 0. The van der Waals surface area contributed by atoms with Crippen LogP contribution in [0.4, 0.5) is 0 Å². The summed E-state index contributed by atoms with van der Waals surface area (Å²) < 4.78 is 0. The zero-order valence-electron chi connectivity index (χ0n) is 7.90. The summed E-state index contributed by atoms with van der Waals surface area (Å²) in [6, 6.07) is 18.4. The highest BCUT2D eigenvalue weighted by Crippen LogP contribution is 2.19. The first-order valence-corrected chi connectivity index (χ1v) is 4.69. The Kier molecular flexibility index (Phi) is 2.61. The molecule has 1 nitrogen and oxygen atoms in total. The highest BCUT2D eigenvalue weighted by Gasteiger charge is 1.96. The molecule has 1 heteroatoms. The van der Waals surface area contributed by atoms with Crippen LogP contribution in [0.1, 0.15) is 5.56 Å². The fourth-order valence-electron chi connectivity index (χ4n) is 1.49. The molecule has 69 valence electrons. The van der Waals surface area contributed by atoms with Gasteiger partial charge in [0, 0.05) is 6.54 Å². The van der Waals surface area contributed by atoms with Gasteiger partial charge in [-0.05, 0) is 22.8 Å². The molecule has 0 fully saturated rings. The van der Waals surface area contributed by atoms with E-state index in [0.717, 1.165) is 5.56 Å². The van der Waals surface area contributed by atoms with E-state index in [4.69, 9.17) is 5.73 Å². The van der Waals surface area contributed by atoms with E-state index in [0.29, 0.717) is 6.54 Å². The van der Waals surface area contributed by atoms with Gasteiger partial charge in [-0.3, -0.25) is 5.73 Å². The van der Waals surface area contributed by atoms with E-state index < -0.39 is 0 Å². The molecule has 0 atom stereocenters. The zero-order valence-corrected chi connectivity index (χ0v) is 7.90. The second-order valence-electron chi connectivity index (χ2n) is 3.24. The maximum Gasteiger partial charge on any atom is 0.0351 e. The van der Waals surface area contributed by atoms with Crippen LogP contribution in [0.5, 0.6) is 0 Å². The minimum atomic E-state index is 0.348. The van der Waals surface area contributed by atoms with Crippen LogP contribution >= 0.6 is 0 Å². The Morgan fingerprint density at radius 3 is 2.21 bits per heavy atom. The molecule has 0 heterocycles. The predicted molar refractivity (Wildman–Crippen MR) is 58.7 cm³/mol. The van der Waals surface area contributed by atoms with Crippen molar-refractivity contribution < 1.29 is 0 Å². The van der Waals surface area contributed by atoms with E-state index in [9.17, 15) is 0 Å². The molecule has 0 saturated heterocycles. The topological polar surface area (TPSA) is 23.8 Å². The van der Waals surface area contributed by atoms with Crippen molar-refractivity contribution in [1.29, 1.82) is 0 Å². The Morgan fingerprint density at radius 2 is 1.50 bits per heavy atom. The minimum absolute atomic E-state index is 0.348. The van der Waals surface area contributed by atoms with Gasteiger partial charge in [0.1, 0.15) is 0 Å². The van der Waals surface area contributed by atoms with E-state index >= 15 is 0 Å². The first kappa shape index (κ1) is 8.97. The van der Waals surface area contributed by atoms with Crippen molar-refractivity contribution >= 4 is 0 Å². The number of nitrogens with one attached hydrogen (secondary N) is 1. The molecule has 2 rings (SSSR count). The van der Waals surface area contributed by atoms with Gasteiger partial charge in [0.15, 0.2) is 0 Å². The molecule has 14 heavy (non-hydrogen) atoms. The lowest BCUT2D eigenvalue weighted by Gasteiger charge is -2.02. The summed E-state index contributed by atoms with van der Waals surface area (Å²) in [4.78, 5) is 0. The standard InChI is InChI=1S/C13H12N/c14-10-11-5-4-8-13(9-11)12-6-2-1-3-7-12/h1-9,14H,10H2. The lowest BCUT2D eigenvalue weighted by atomic mass is 10.0. The third-order valence-electron chi connectivity index (χ3n) is 2.24. The molecule has 0 spiro atoms. The van der Waals surface area contributed by atoms with E-state index in [1.165, 1.54) is 11.1 Å². The van der Waals surface area contributed by atoms with Crippen LogP contribution in [0.25, 0.3) is 11.1 Å². The largest absolute Gasteiger partial charge is 0.253 e. The summed E-state index contributed by atoms with van der Waals surface area (Å²) in [5.74, 6) is 0. The fourth-order valence-corrected chi connectivity index (χ4v) is 1.49. The van der Waals surface area contributed by atoms with E-state index in [1.54, 1.807) is 0 Å². The quantitative estimate of drug-likeness (QED) is 0.681. The van der Waals surface area contributed by atoms with Crippen LogP contribution in [-0.2, 0) is 6.54 Å². The summed E-state index contributed by atoms with van der Waals surface area (Å²) >= 11 is 0. The van der Waals surface area contributed by atoms with Gasteiger partial charge in [-0.1, -0.05) is 48.5 Å². The van der Waals surface area contributed by atoms with Crippen molar-refractivity contribution in [2.45, 2.75) is 6.54 Å². The molecule has 0 aliphatic carbocycles. The molecule has 1 N–H and O–H groups in total. The molecule has 2 aromatic rings. The Bertz CT molecular complexity index is 407. The Labute approximate surface area is 84.2 Å². The van der Waals surface area contributed by atoms with Crippen LogP contribution in [0, 0.1) is 0 Å². The number of hydrogen-bond donors (Lipinski definition) is 0. The molecule has 1 radical (unpaired) electrons. The average Bonchev–Trinajstić information content (AvgIpc) is 2.30. The van der Waals surface area contributed by atoms with Crippen LogP contribution in [0.3, 0.4) is 0 Å². The SMILES string of the molecule is [NH]Cc1cccc(-c2ccccc2)c1. The highest BCUT2D eigenvalue weighted by atomic mass is 14.5. The van der Waals surface area contributed by atoms with Crippen LogP contribution < -0.4 is 5.73 Å². The normalized spacial score (nSPS) is 10.1. The Balaban J connectivity index is 2.42. The number of rotatable bonds is 2. The maximum atomic E-state index is 7.30. The smallest absolute Gasteiger partial charge is 0.0351 e. The van der Waals surface area contributed by atoms with Gasteiger partial charge < -0.3 is 0 Å². The molecule has 0 aliphatic rings. The van der Waals surface area contributed by atoms with Crippen LogP contribution in [0.2, 0.25) is 0 Å². The van der Waals surface area contributed by atoms with Crippen molar-refractivity contribution in [1.82, 2.24) is 5.73 Å². The second-order valence-corrected chi connectivity index (χ2v) is 3.24. The van der Waals surface area contributed by atoms with Gasteiger partial charge in [-0.15, -0.1) is 0 Å². The lowest BCUT2D eigenvalue weighted by molar-refractivity contribution is 1.03. The molecule has 0 unspecified atom stereocenters. The van der Waals surface area contributed by atoms with E-state index in [2.05, 4.69) is 24.3 Å². The molecular formula is C13H12N. The first-order valence-electron chi connectivity index (χ1n) is 4.69. The van der Waals surface area contributed by atoms with E-state index in [-0.39, 0.29) is 0 Å². The van der Waals surface area contributed by atoms with Gasteiger partial charge in [0.05, 0.1) is 0 Å². The molecular weight excluding hydrogens is 170 g/mol. The number of benzene rings is 2. The Hall–Kier alpha value is -1.60. The molecule has 0 amide bonds. The maximum absolute atomic E-state index is 7.30. The molecule has 2 aromatic carbocycles. The van der Waals surface area contributed by atoms with Crippen molar-refractivity contribution in [3.63, 3.8) is 0 Å². The first-order chi connectivity index (χ1) is 6.90. The van der Waals surface area contributed by atoms with Gasteiger partial charge in [0.25, 0.3) is 0 Å². The second kappa shape index (κ2) is 4.07. The molecule has 0 bridgehead atoms. The summed E-state index contributed by atoms with van der Waals surface area (Å²) in [5.41, 5.74) is 10.8. The van der Waals surface area contributed by atoms with Crippen LogP contribution in [-0.4, -0.2) is 0 Å². The summed E-state index contributed by atoms with van der Waals surface area (Å²) in [6.45, 7) is 0.348. The molecule has 0 aliphatic heterocycles. The molecule has 0 aromatic heterocycles. The van der Waals surface area contributed by atoms with Gasteiger partial charge in [-0.2, -0.15) is 0 Å². The lowest BCUT2D eigenvalue weighted by Crippen LogP contribution is -1.85. The average molecular weight is 182 g/mol. The van der Waals surface area contributed by atoms with Gasteiger partial charge in [0.2, 0.25) is 0 Å². The Morgan fingerprint density at radius 1 is 0.786 bits per heavy atom. The fraction of sp³-hybridized carbons (Fsp3) is 0.0769. The summed E-state index contributed by atoms with van der Waals surface area (Å²) in [5, 5.41) is 0. The zero-order chi connectivity index (χ0) is 9.80. The third-order valence-corrected chi connectivity index (χ3v) is 2.24. The van der Waals surface area contributed by atoms with Crippen LogP contribution in [0.15, 0.2) is 54.6 Å². The van der Waals surface area contributed by atoms with Crippen molar-refractivity contribution in [2.75, 3.05) is 0 Å². The predicted octanol–water partition coefficient (Wildman–Crippen LogP) is 3.14. The monoisotopic (exact) mass is 182 g/mol. The van der Waals surface area contributed by atoms with Crippen molar-refractivity contribution in [2.24, 2.45) is 0 Å². The molecule has 0 saturated carbocycles. The highest BCUT2D eigenvalue weighted by molar-refractivity contribution is 5.63. The summed E-state index contributed by atoms with van der Waals surface area (Å²) in [6.07, 6.45) is 0. The minimum Gasteiger partial charge on any atom is -0.253 e. The van der Waals surface area contributed by atoms with E-state index in [1.807, 2.05) is 30.3 Å². The third kappa shape index (κ3) is 1.83.